The van der Waals surface area contributed by atoms with Gasteiger partial charge in [0.05, 0.1) is 23.8 Å². The highest BCUT2D eigenvalue weighted by Crippen LogP contribution is 2.66. The van der Waals surface area contributed by atoms with Crippen LogP contribution in [0.3, 0.4) is 0 Å². The molecule has 0 spiro atoms. The SMILES string of the molecule is O=[N+]([O-])c1ccc(N2N=N[C@H]3[C@@H]4C[C@H]([C@H]5C=CC[C@@H]54)[C@@]32N2CCOCC2)cc1. The Bertz CT molecular complexity index is 865. The van der Waals surface area contributed by atoms with E-state index in [4.69, 9.17) is 9.85 Å². The van der Waals surface area contributed by atoms with Crippen molar-refractivity contribution in [1.29, 1.82) is 0 Å². The number of nitro groups is 1. The molecule has 8 heteroatoms. The van der Waals surface area contributed by atoms with E-state index in [1.807, 2.05) is 12.1 Å². The quantitative estimate of drug-likeness (QED) is 0.457. The molecule has 5 aliphatic rings. The summed E-state index contributed by atoms with van der Waals surface area (Å²) < 4.78 is 5.64. The molecule has 1 saturated heterocycles. The van der Waals surface area contributed by atoms with Gasteiger partial charge in [0.25, 0.3) is 5.69 Å². The number of anilines is 1. The van der Waals surface area contributed by atoms with Crippen LogP contribution in [0.25, 0.3) is 0 Å². The molecule has 8 nitrogen and oxygen atoms in total. The van der Waals surface area contributed by atoms with Crippen LogP contribution >= 0.6 is 0 Å². The fourth-order valence-corrected chi connectivity index (χ4v) is 6.65. The summed E-state index contributed by atoms with van der Waals surface area (Å²) in [6, 6.07) is 6.92. The zero-order valence-corrected chi connectivity index (χ0v) is 15.6. The van der Waals surface area contributed by atoms with Gasteiger partial charge in [0.15, 0.2) is 0 Å². The van der Waals surface area contributed by atoms with Gasteiger partial charge in [0.1, 0.15) is 11.7 Å². The van der Waals surface area contributed by atoms with Gasteiger partial charge < -0.3 is 4.74 Å². The van der Waals surface area contributed by atoms with Crippen molar-refractivity contribution < 1.29 is 9.66 Å². The van der Waals surface area contributed by atoms with Crippen molar-refractivity contribution in [3.05, 3.63) is 46.5 Å². The maximum absolute atomic E-state index is 11.1. The van der Waals surface area contributed by atoms with Crippen LogP contribution in [0, 0.1) is 33.8 Å². The predicted molar refractivity (Wildman–Crippen MR) is 102 cm³/mol. The van der Waals surface area contributed by atoms with Crippen molar-refractivity contribution in [2.24, 2.45) is 34.0 Å². The molecule has 2 heterocycles. The number of rotatable bonds is 3. The number of non-ortho nitro benzene ring substituents is 1. The van der Waals surface area contributed by atoms with Gasteiger partial charge in [0, 0.05) is 31.1 Å². The largest absolute Gasteiger partial charge is 0.379 e. The lowest BCUT2D eigenvalue weighted by atomic mass is 9.71. The minimum Gasteiger partial charge on any atom is -0.379 e. The third-order valence-corrected chi connectivity index (χ3v) is 7.62. The van der Waals surface area contributed by atoms with E-state index in [2.05, 4.69) is 27.3 Å². The molecule has 1 aromatic rings. The van der Waals surface area contributed by atoms with Gasteiger partial charge >= 0.3 is 0 Å². The van der Waals surface area contributed by atoms with Gasteiger partial charge in [-0.25, -0.2) is 5.01 Å². The summed E-state index contributed by atoms with van der Waals surface area (Å²) in [5, 5.41) is 22.6. The first-order valence-corrected chi connectivity index (χ1v) is 10.2. The number of ether oxygens (including phenoxy) is 1. The van der Waals surface area contributed by atoms with Crippen molar-refractivity contribution in [2.75, 3.05) is 31.3 Å². The van der Waals surface area contributed by atoms with E-state index in [1.165, 1.54) is 6.42 Å². The van der Waals surface area contributed by atoms with E-state index < -0.39 is 0 Å². The number of benzene rings is 1. The Hall–Kier alpha value is -2.32. The molecule has 0 N–H and O–H groups in total. The van der Waals surface area contributed by atoms with Crippen LogP contribution in [0.15, 0.2) is 46.8 Å². The molecule has 3 aliphatic carbocycles. The van der Waals surface area contributed by atoms with Gasteiger partial charge in [-0.15, -0.1) is 0 Å². The molecule has 0 radical (unpaired) electrons. The molecule has 2 bridgehead atoms. The summed E-state index contributed by atoms with van der Waals surface area (Å²) in [7, 11) is 0. The number of hydrogen-bond acceptors (Lipinski definition) is 7. The highest BCUT2D eigenvalue weighted by atomic mass is 16.6. The van der Waals surface area contributed by atoms with E-state index in [1.54, 1.807) is 12.1 Å². The molecule has 2 saturated carbocycles. The molecule has 0 unspecified atom stereocenters. The molecule has 146 valence electrons. The fourth-order valence-electron chi connectivity index (χ4n) is 6.65. The van der Waals surface area contributed by atoms with E-state index in [0.717, 1.165) is 38.4 Å². The maximum Gasteiger partial charge on any atom is 0.269 e. The zero-order valence-electron chi connectivity index (χ0n) is 15.6. The Morgan fingerprint density at radius 1 is 1.18 bits per heavy atom. The third kappa shape index (κ3) is 1.97. The second-order valence-corrected chi connectivity index (χ2v) is 8.53. The second kappa shape index (κ2) is 5.84. The Labute approximate surface area is 163 Å². The predicted octanol–water partition coefficient (Wildman–Crippen LogP) is 3.02. The average molecular weight is 381 g/mol. The minimum absolute atomic E-state index is 0.101. The first-order chi connectivity index (χ1) is 13.7. The molecule has 6 rings (SSSR count). The topological polar surface area (TPSA) is 83.6 Å². The van der Waals surface area contributed by atoms with Crippen LogP contribution in [-0.2, 0) is 4.74 Å². The molecule has 2 aliphatic heterocycles. The molecular weight excluding hydrogens is 358 g/mol. The van der Waals surface area contributed by atoms with Crippen molar-refractivity contribution in [2.45, 2.75) is 24.5 Å². The summed E-state index contributed by atoms with van der Waals surface area (Å²) in [4.78, 5) is 13.3. The van der Waals surface area contributed by atoms with Gasteiger partial charge in [-0.3, -0.25) is 15.0 Å². The molecule has 1 aromatic carbocycles. The summed E-state index contributed by atoms with van der Waals surface area (Å²) in [6.45, 7) is 3.19. The molecule has 0 amide bonds. The number of nitro benzene ring substituents is 1. The van der Waals surface area contributed by atoms with Crippen LogP contribution in [0.2, 0.25) is 0 Å². The lowest BCUT2D eigenvalue weighted by Crippen LogP contribution is -2.69. The maximum atomic E-state index is 11.1. The second-order valence-electron chi connectivity index (χ2n) is 8.53. The number of morpholine rings is 1. The zero-order chi connectivity index (χ0) is 18.9. The van der Waals surface area contributed by atoms with Crippen LogP contribution in [0.1, 0.15) is 12.8 Å². The van der Waals surface area contributed by atoms with Crippen molar-refractivity contribution >= 4 is 11.4 Å². The fraction of sp³-hybridized carbons (Fsp3) is 0.600. The third-order valence-electron chi connectivity index (χ3n) is 7.62. The molecule has 0 aromatic heterocycles. The minimum atomic E-state index is -0.360. The Morgan fingerprint density at radius 2 is 1.96 bits per heavy atom. The molecule has 6 atom stereocenters. The van der Waals surface area contributed by atoms with Crippen molar-refractivity contribution in [3.8, 4) is 0 Å². The van der Waals surface area contributed by atoms with Gasteiger partial charge in [0.2, 0.25) is 0 Å². The van der Waals surface area contributed by atoms with E-state index >= 15 is 0 Å². The number of fused-ring (bicyclic) bond motifs is 8. The number of hydrogen-bond donors (Lipinski definition) is 0. The number of allylic oxidation sites excluding steroid dienone is 2. The first kappa shape index (κ1) is 16.6. The Balaban J connectivity index is 1.45. The lowest BCUT2D eigenvalue weighted by molar-refractivity contribution is -0.384. The van der Waals surface area contributed by atoms with E-state index in [-0.39, 0.29) is 22.3 Å². The smallest absolute Gasteiger partial charge is 0.269 e. The van der Waals surface area contributed by atoms with Crippen molar-refractivity contribution in [3.63, 3.8) is 0 Å². The van der Waals surface area contributed by atoms with E-state index in [9.17, 15) is 10.1 Å². The molecule has 28 heavy (non-hydrogen) atoms. The summed E-state index contributed by atoms with van der Waals surface area (Å²) >= 11 is 0. The summed E-state index contributed by atoms with van der Waals surface area (Å²) in [5.74, 6) is 2.29. The van der Waals surface area contributed by atoms with Crippen molar-refractivity contribution in [1.82, 2.24) is 4.90 Å². The summed E-state index contributed by atoms with van der Waals surface area (Å²) in [5.41, 5.74) is 0.707. The molecule has 3 fully saturated rings. The Morgan fingerprint density at radius 3 is 2.71 bits per heavy atom. The first-order valence-electron chi connectivity index (χ1n) is 10.2. The average Bonchev–Trinajstić information content (AvgIpc) is 3.46. The van der Waals surface area contributed by atoms with Crippen LogP contribution in [-0.4, -0.2) is 47.8 Å². The van der Waals surface area contributed by atoms with Crippen LogP contribution in [0.4, 0.5) is 11.4 Å². The summed E-state index contributed by atoms with van der Waals surface area (Å²) in [6.07, 6.45) is 7.11. The van der Waals surface area contributed by atoms with Gasteiger partial charge in [-0.05, 0) is 42.7 Å². The standard InChI is InChI=1S/C20H23N5O3/c26-25(27)14-6-4-13(5-7-14)24-20(23-8-10-28-11-9-23)18-12-17(19(20)21-22-24)15-2-1-3-16(15)18/h1,3-7,15-19H,2,8-12H2/t15-,16-,17+,18+,19-,20-/m0/s1. The number of nitrogens with zero attached hydrogens (tertiary/aromatic N) is 5. The Kier molecular flexibility index (Phi) is 3.47. The highest BCUT2D eigenvalue weighted by molar-refractivity contribution is 5.55. The van der Waals surface area contributed by atoms with E-state index in [0.29, 0.717) is 23.7 Å². The normalized spacial score (nSPS) is 40.9. The monoisotopic (exact) mass is 381 g/mol. The lowest BCUT2D eigenvalue weighted by Gasteiger charge is -2.53. The van der Waals surface area contributed by atoms with Crippen LogP contribution in [0.5, 0.6) is 0 Å². The van der Waals surface area contributed by atoms with Gasteiger partial charge in [-0.1, -0.05) is 17.4 Å². The highest BCUT2D eigenvalue weighted by Gasteiger charge is 2.72. The van der Waals surface area contributed by atoms with Gasteiger partial charge in [-0.2, -0.15) is 5.11 Å². The molecular formula is C20H23N5O3. The van der Waals surface area contributed by atoms with Crippen LogP contribution < -0.4 is 5.01 Å².